The molecule has 132 valence electrons. The quantitative estimate of drug-likeness (QED) is 0.902. The first kappa shape index (κ1) is 16.4. The Morgan fingerprint density at radius 3 is 2.65 bits per heavy atom. The summed E-state index contributed by atoms with van der Waals surface area (Å²) in [5.74, 6) is 1.56. The number of para-hydroxylation sites is 2. The van der Waals surface area contributed by atoms with E-state index in [0.717, 1.165) is 29.1 Å². The summed E-state index contributed by atoms with van der Waals surface area (Å²) in [5.41, 5.74) is 4.44. The van der Waals surface area contributed by atoms with Crippen molar-refractivity contribution in [1.29, 1.82) is 0 Å². The van der Waals surface area contributed by atoms with E-state index >= 15 is 0 Å². The van der Waals surface area contributed by atoms with E-state index in [2.05, 4.69) is 10.3 Å². The molecule has 0 radical (unpaired) electrons. The van der Waals surface area contributed by atoms with E-state index in [0.29, 0.717) is 23.5 Å². The number of hydrogen-bond acceptors (Lipinski definition) is 5. The third kappa shape index (κ3) is 2.86. The Balaban J connectivity index is 1.67. The molecule has 1 aliphatic carbocycles. The zero-order chi connectivity index (χ0) is 18.1. The minimum Gasteiger partial charge on any atom is -0.493 e. The van der Waals surface area contributed by atoms with Crippen molar-refractivity contribution >= 4 is 23.4 Å². The number of aliphatic imine (C=N–C) groups is 1. The number of benzene rings is 2. The van der Waals surface area contributed by atoms with E-state index < -0.39 is 0 Å². The Bertz CT molecular complexity index is 931. The third-order valence-electron chi connectivity index (χ3n) is 4.91. The third-order valence-corrected chi connectivity index (χ3v) is 4.91. The number of ketones is 1. The van der Waals surface area contributed by atoms with Crippen molar-refractivity contribution in [2.24, 2.45) is 4.99 Å². The van der Waals surface area contributed by atoms with Gasteiger partial charge in [-0.15, -0.1) is 0 Å². The molecule has 0 amide bonds. The number of allylic oxidation sites excluding steroid dienone is 2. The smallest absolute Gasteiger partial charge is 0.166 e. The molecule has 0 fully saturated rings. The van der Waals surface area contributed by atoms with Crippen molar-refractivity contribution in [3.8, 4) is 11.5 Å². The first-order chi connectivity index (χ1) is 12.7. The molecule has 0 saturated heterocycles. The zero-order valence-corrected chi connectivity index (χ0v) is 14.8. The largest absolute Gasteiger partial charge is 0.493 e. The maximum absolute atomic E-state index is 12.7. The van der Waals surface area contributed by atoms with Gasteiger partial charge in [0.05, 0.1) is 31.2 Å². The van der Waals surface area contributed by atoms with Crippen LogP contribution in [0.4, 0.5) is 11.4 Å². The van der Waals surface area contributed by atoms with Crippen LogP contribution in [0.3, 0.4) is 0 Å². The number of nitrogens with one attached hydrogen (secondary N) is 1. The molecule has 26 heavy (non-hydrogen) atoms. The predicted molar refractivity (Wildman–Crippen MR) is 102 cm³/mol. The highest BCUT2D eigenvalue weighted by molar-refractivity contribution is 6.16. The average molecular weight is 348 g/mol. The lowest BCUT2D eigenvalue weighted by Crippen LogP contribution is -2.22. The first-order valence-electron chi connectivity index (χ1n) is 8.58. The van der Waals surface area contributed by atoms with Gasteiger partial charge in [-0.2, -0.15) is 0 Å². The molecule has 1 aliphatic heterocycles. The van der Waals surface area contributed by atoms with E-state index in [1.807, 2.05) is 42.5 Å². The minimum absolute atomic E-state index is 0.0900. The maximum atomic E-state index is 12.7. The van der Waals surface area contributed by atoms with Crippen LogP contribution in [-0.2, 0) is 4.79 Å². The Kier molecular flexibility index (Phi) is 4.21. The van der Waals surface area contributed by atoms with Crippen LogP contribution < -0.4 is 14.8 Å². The Labute approximate surface area is 152 Å². The summed E-state index contributed by atoms with van der Waals surface area (Å²) in [6.45, 7) is 0. The summed E-state index contributed by atoms with van der Waals surface area (Å²) < 4.78 is 10.7. The standard InChI is InChI=1S/C21H20N2O3/c1-25-20-8-7-13(11-21(20)26-2)14-9-18-15(19(24)10-14)12-22-16-5-3-4-6-17(16)23-18/h3-8,11-12,14,23H,9-10H2,1-2H3. The van der Waals surface area contributed by atoms with Gasteiger partial charge in [-0.05, 0) is 42.2 Å². The number of carbonyl (C=O) groups is 1. The number of anilines is 1. The van der Waals surface area contributed by atoms with Gasteiger partial charge < -0.3 is 14.8 Å². The van der Waals surface area contributed by atoms with E-state index in [1.165, 1.54) is 0 Å². The van der Waals surface area contributed by atoms with Crippen LogP contribution in [-0.4, -0.2) is 26.2 Å². The highest BCUT2D eigenvalue weighted by Crippen LogP contribution is 2.40. The topological polar surface area (TPSA) is 59.9 Å². The van der Waals surface area contributed by atoms with E-state index in [-0.39, 0.29) is 11.7 Å². The Morgan fingerprint density at radius 2 is 1.85 bits per heavy atom. The van der Waals surface area contributed by atoms with Crippen LogP contribution in [0.1, 0.15) is 24.3 Å². The molecule has 1 N–H and O–H groups in total. The summed E-state index contributed by atoms with van der Waals surface area (Å²) in [5, 5.41) is 3.42. The highest BCUT2D eigenvalue weighted by Gasteiger charge is 2.29. The van der Waals surface area contributed by atoms with Gasteiger partial charge in [0, 0.05) is 18.3 Å². The fourth-order valence-corrected chi connectivity index (χ4v) is 3.53. The number of fused-ring (bicyclic) bond motifs is 1. The fraction of sp³-hybridized carbons (Fsp3) is 0.238. The number of methoxy groups -OCH3 is 2. The number of rotatable bonds is 3. The molecular weight excluding hydrogens is 328 g/mol. The molecule has 0 spiro atoms. The van der Waals surface area contributed by atoms with Crippen LogP contribution in [0.25, 0.3) is 0 Å². The lowest BCUT2D eigenvalue weighted by molar-refractivity contribution is -0.115. The molecule has 2 aromatic rings. The lowest BCUT2D eigenvalue weighted by Gasteiger charge is -2.26. The van der Waals surface area contributed by atoms with Crippen molar-refractivity contribution in [2.75, 3.05) is 19.5 Å². The molecule has 5 heteroatoms. The Hall–Kier alpha value is -3.08. The molecule has 2 aliphatic rings. The average Bonchev–Trinajstić information content (AvgIpc) is 2.86. The number of Topliss-reactive ketones (excluding diaryl/α,β-unsaturated/α-hetero) is 1. The number of carbonyl (C=O) groups excluding carboxylic acids is 1. The molecule has 0 saturated carbocycles. The summed E-state index contributed by atoms with van der Waals surface area (Å²) in [6.07, 6.45) is 2.90. The van der Waals surface area contributed by atoms with E-state index in [9.17, 15) is 4.79 Å². The first-order valence-corrected chi connectivity index (χ1v) is 8.58. The van der Waals surface area contributed by atoms with Gasteiger partial charge >= 0.3 is 0 Å². The predicted octanol–water partition coefficient (Wildman–Crippen LogP) is 4.23. The summed E-state index contributed by atoms with van der Waals surface area (Å²) in [6, 6.07) is 13.7. The second-order valence-electron chi connectivity index (χ2n) is 6.44. The fourth-order valence-electron chi connectivity index (χ4n) is 3.53. The molecule has 1 atom stereocenters. The Morgan fingerprint density at radius 1 is 1.04 bits per heavy atom. The van der Waals surface area contributed by atoms with E-state index in [1.54, 1.807) is 20.4 Å². The monoisotopic (exact) mass is 348 g/mol. The molecular formula is C21H20N2O3. The van der Waals surface area contributed by atoms with Gasteiger partial charge in [-0.1, -0.05) is 18.2 Å². The van der Waals surface area contributed by atoms with Crippen LogP contribution in [0.2, 0.25) is 0 Å². The molecule has 4 rings (SSSR count). The van der Waals surface area contributed by atoms with Crippen LogP contribution in [0, 0.1) is 0 Å². The summed E-state index contributed by atoms with van der Waals surface area (Å²) in [4.78, 5) is 17.2. The van der Waals surface area contributed by atoms with Gasteiger partial charge in [0.2, 0.25) is 0 Å². The SMILES string of the molecule is COc1ccc(C2CC(=O)C3=C(C2)Nc2ccccc2N=C3)cc1OC. The van der Waals surface area contributed by atoms with Crippen molar-refractivity contribution in [2.45, 2.75) is 18.8 Å². The van der Waals surface area contributed by atoms with Crippen molar-refractivity contribution in [3.63, 3.8) is 0 Å². The van der Waals surface area contributed by atoms with Gasteiger partial charge in [0.15, 0.2) is 17.3 Å². The van der Waals surface area contributed by atoms with Crippen LogP contribution in [0.5, 0.6) is 11.5 Å². The molecule has 5 nitrogen and oxygen atoms in total. The van der Waals surface area contributed by atoms with Crippen molar-refractivity contribution in [1.82, 2.24) is 0 Å². The molecule has 0 aromatic heterocycles. The maximum Gasteiger partial charge on any atom is 0.166 e. The number of ether oxygens (including phenoxy) is 2. The van der Waals surface area contributed by atoms with Crippen LogP contribution >= 0.6 is 0 Å². The molecule has 0 bridgehead atoms. The van der Waals surface area contributed by atoms with Gasteiger partial charge in [-0.25, -0.2) is 0 Å². The normalized spacial score (nSPS) is 18.5. The van der Waals surface area contributed by atoms with Crippen LogP contribution in [0.15, 0.2) is 58.7 Å². The highest BCUT2D eigenvalue weighted by atomic mass is 16.5. The minimum atomic E-state index is 0.0900. The number of nitrogens with zero attached hydrogens (tertiary/aromatic N) is 1. The van der Waals surface area contributed by atoms with Gasteiger partial charge in [0.1, 0.15) is 0 Å². The van der Waals surface area contributed by atoms with Crippen molar-refractivity contribution < 1.29 is 14.3 Å². The lowest BCUT2D eigenvalue weighted by atomic mass is 9.82. The summed E-state index contributed by atoms with van der Waals surface area (Å²) >= 11 is 0. The molecule has 1 unspecified atom stereocenters. The molecule has 2 aromatic carbocycles. The summed E-state index contributed by atoms with van der Waals surface area (Å²) in [7, 11) is 3.24. The second-order valence-corrected chi connectivity index (χ2v) is 6.44. The van der Waals surface area contributed by atoms with Gasteiger partial charge in [-0.3, -0.25) is 9.79 Å². The second kappa shape index (κ2) is 6.67. The molecule has 1 heterocycles. The number of hydrogen-bond donors (Lipinski definition) is 1. The zero-order valence-electron chi connectivity index (χ0n) is 14.8. The van der Waals surface area contributed by atoms with Crippen molar-refractivity contribution in [3.05, 3.63) is 59.3 Å². The van der Waals surface area contributed by atoms with Gasteiger partial charge in [0.25, 0.3) is 0 Å². The van der Waals surface area contributed by atoms with E-state index in [4.69, 9.17) is 9.47 Å².